The number of nitrogens with zero attached hydrogens (tertiary/aromatic N) is 1. The fourth-order valence-electron chi connectivity index (χ4n) is 3.51. The highest BCUT2D eigenvalue weighted by molar-refractivity contribution is 5.30. The minimum atomic E-state index is -0.235. The van der Waals surface area contributed by atoms with E-state index in [1.807, 2.05) is 12.1 Å². The number of ether oxygens (including phenoxy) is 1. The van der Waals surface area contributed by atoms with Gasteiger partial charge >= 0.3 is 0 Å². The molecule has 0 saturated carbocycles. The first-order valence-corrected chi connectivity index (χ1v) is 7.56. The summed E-state index contributed by atoms with van der Waals surface area (Å²) in [7, 11) is 1.51. The number of hydrogen-bond donors (Lipinski definition) is 1. The zero-order chi connectivity index (χ0) is 13.9. The van der Waals surface area contributed by atoms with Crippen LogP contribution in [-0.4, -0.2) is 37.2 Å². The zero-order valence-corrected chi connectivity index (χ0v) is 12.1. The molecule has 2 aliphatic rings. The summed E-state index contributed by atoms with van der Waals surface area (Å²) in [6, 6.07) is 6.60. The molecular formula is C16H23FN2O. The van der Waals surface area contributed by atoms with E-state index in [1.165, 1.54) is 45.9 Å². The molecule has 2 saturated heterocycles. The van der Waals surface area contributed by atoms with E-state index in [-0.39, 0.29) is 5.82 Å². The highest BCUT2D eigenvalue weighted by atomic mass is 19.1. The van der Waals surface area contributed by atoms with Gasteiger partial charge in [0, 0.05) is 24.2 Å². The van der Waals surface area contributed by atoms with Crippen molar-refractivity contribution in [2.24, 2.45) is 0 Å². The zero-order valence-electron chi connectivity index (χ0n) is 12.1. The Balaban J connectivity index is 1.57. The van der Waals surface area contributed by atoms with Crippen molar-refractivity contribution in [3.05, 3.63) is 29.6 Å². The van der Waals surface area contributed by atoms with Gasteiger partial charge in [0.1, 0.15) is 0 Å². The lowest BCUT2D eigenvalue weighted by molar-refractivity contribution is 0.166. The Labute approximate surface area is 120 Å². The predicted molar refractivity (Wildman–Crippen MR) is 77.4 cm³/mol. The standard InChI is InChI=1S/C16H23FN2O/c1-20-15-6-2-4-12(16(15)17)11-18-13-7-9-19-8-3-5-14(19)10-13/h2,4,6,13-14,18H,3,5,7-11H2,1H3. The van der Waals surface area contributed by atoms with Crippen molar-refractivity contribution in [2.75, 3.05) is 20.2 Å². The van der Waals surface area contributed by atoms with E-state index in [0.29, 0.717) is 23.9 Å². The largest absolute Gasteiger partial charge is 0.494 e. The number of fused-ring (bicyclic) bond motifs is 1. The lowest BCUT2D eigenvalue weighted by atomic mass is 9.97. The maximum atomic E-state index is 14.1. The van der Waals surface area contributed by atoms with E-state index in [0.717, 1.165) is 6.04 Å². The molecule has 0 aromatic heterocycles. The molecule has 1 aromatic carbocycles. The molecule has 3 rings (SSSR count). The lowest BCUT2D eigenvalue weighted by Crippen LogP contribution is -2.45. The molecule has 2 atom stereocenters. The molecule has 2 fully saturated rings. The molecule has 0 radical (unpaired) electrons. The third-order valence-electron chi connectivity index (χ3n) is 4.66. The predicted octanol–water partition coefficient (Wildman–Crippen LogP) is 2.55. The minimum Gasteiger partial charge on any atom is -0.494 e. The molecule has 0 spiro atoms. The SMILES string of the molecule is COc1cccc(CNC2CCN3CCCC3C2)c1F. The first kappa shape index (κ1) is 13.8. The highest BCUT2D eigenvalue weighted by Gasteiger charge is 2.31. The number of rotatable bonds is 4. The molecule has 0 aliphatic carbocycles. The van der Waals surface area contributed by atoms with Crippen molar-refractivity contribution in [3.8, 4) is 5.75 Å². The molecule has 2 unspecified atom stereocenters. The smallest absolute Gasteiger partial charge is 0.169 e. The number of benzene rings is 1. The van der Waals surface area contributed by atoms with Crippen molar-refractivity contribution in [1.29, 1.82) is 0 Å². The quantitative estimate of drug-likeness (QED) is 0.916. The molecule has 1 N–H and O–H groups in total. The fraction of sp³-hybridized carbons (Fsp3) is 0.625. The number of piperidine rings is 1. The Hall–Kier alpha value is -1.13. The Morgan fingerprint density at radius 1 is 1.35 bits per heavy atom. The van der Waals surface area contributed by atoms with Crippen molar-refractivity contribution >= 4 is 0 Å². The second-order valence-corrected chi connectivity index (χ2v) is 5.87. The average molecular weight is 278 g/mol. The molecular weight excluding hydrogens is 255 g/mol. The molecule has 2 heterocycles. The van der Waals surface area contributed by atoms with Gasteiger partial charge < -0.3 is 15.0 Å². The summed E-state index contributed by atoms with van der Waals surface area (Å²) >= 11 is 0. The monoisotopic (exact) mass is 278 g/mol. The van der Waals surface area contributed by atoms with Gasteiger partial charge in [-0.2, -0.15) is 0 Å². The van der Waals surface area contributed by atoms with Crippen LogP contribution < -0.4 is 10.1 Å². The second kappa shape index (κ2) is 6.10. The first-order chi connectivity index (χ1) is 9.78. The van der Waals surface area contributed by atoms with Crippen LogP contribution in [0.2, 0.25) is 0 Å². The van der Waals surface area contributed by atoms with E-state index in [2.05, 4.69) is 10.2 Å². The van der Waals surface area contributed by atoms with Gasteiger partial charge in [0.2, 0.25) is 0 Å². The van der Waals surface area contributed by atoms with Crippen LogP contribution in [0.25, 0.3) is 0 Å². The minimum absolute atomic E-state index is 0.235. The Morgan fingerprint density at radius 2 is 2.25 bits per heavy atom. The Bertz CT molecular complexity index is 466. The van der Waals surface area contributed by atoms with Gasteiger partial charge in [0.05, 0.1) is 7.11 Å². The Kier molecular flexibility index (Phi) is 4.22. The molecule has 20 heavy (non-hydrogen) atoms. The number of hydrogen-bond acceptors (Lipinski definition) is 3. The second-order valence-electron chi connectivity index (χ2n) is 5.87. The average Bonchev–Trinajstić information content (AvgIpc) is 2.93. The molecule has 110 valence electrons. The highest BCUT2D eigenvalue weighted by Crippen LogP contribution is 2.27. The van der Waals surface area contributed by atoms with Gasteiger partial charge in [-0.3, -0.25) is 0 Å². The van der Waals surface area contributed by atoms with E-state index in [9.17, 15) is 4.39 Å². The fourth-order valence-corrected chi connectivity index (χ4v) is 3.51. The summed E-state index contributed by atoms with van der Waals surface area (Å²) in [5.74, 6) is 0.0933. The van der Waals surface area contributed by atoms with Crippen molar-refractivity contribution in [1.82, 2.24) is 10.2 Å². The molecule has 4 heteroatoms. The van der Waals surface area contributed by atoms with Gasteiger partial charge in [-0.1, -0.05) is 12.1 Å². The first-order valence-electron chi connectivity index (χ1n) is 7.56. The molecule has 3 nitrogen and oxygen atoms in total. The topological polar surface area (TPSA) is 24.5 Å². The molecule has 0 bridgehead atoms. The van der Waals surface area contributed by atoms with Crippen LogP contribution in [0.15, 0.2) is 18.2 Å². The number of halogens is 1. The molecule has 2 aliphatic heterocycles. The molecule has 0 amide bonds. The normalized spacial score (nSPS) is 26.5. The number of nitrogens with one attached hydrogen (secondary N) is 1. The summed E-state index contributed by atoms with van der Waals surface area (Å²) in [6.45, 7) is 3.03. The van der Waals surface area contributed by atoms with Gasteiger partial charge in [0.25, 0.3) is 0 Å². The maximum Gasteiger partial charge on any atom is 0.169 e. The van der Waals surface area contributed by atoms with Crippen molar-refractivity contribution in [3.63, 3.8) is 0 Å². The third-order valence-corrected chi connectivity index (χ3v) is 4.66. The summed E-state index contributed by atoms with van der Waals surface area (Å²) in [5.41, 5.74) is 0.693. The van der Waals surface area contributed by atoms with Gasteiger partial charge in [-0.25, -0.2) is 4.39 Å². The Morgan fingerprint density at radius 3 is 3.10 bits per heavy atom. The van der Waals surface area contributed by atoms with Crippen LogP contribution >= 0.6 is 0 Å². The van der Waals surface area contributed by atoms with E-state index in [1.54, 1.807) is 6.07 Å². The number of methoxy groups -OCH3 is 1. The van der Waals surface area contributed by atoms with E-state index >= 15 is 0 Å². The van der Waals surface area contributed by atoms with E-state index < -0.39 is 0 Å². The summed E-state index contributed by atoms with van der Waals surface area (Å²) in [5, 5.41) is 3.52. The van der Waals surface area contributed by atoms with Gasteiger partial charge in [0.15, 0.2) is 11.6 Å². The van der Waals surface area contributed by atoms with Crippen LogP contribution in [0.1, 0.15) is 31.2 Å². The van der Waals surface area contributed by atoms with Crippen LogP contribution in [0.4, 0.5) is 4.39 Å². The maximum absolute atomic E-state index is 14.1. The van der Waals surface area contributed by atoms with Crippen LogP contribution in [0.3, 0.4) is 0 Å². The summed E-state index contributed by atoms with van der Waals surface area (Å²) in [4.78, 5) is 2.60. The van der Waals surface area contributed by atoms with Crippen LogP contribution in [0, 0.1) is 5.82 Å². The van der Waals surface area contributed by atoms with Gasteiger partial charge in [-0.05, 0) is 44.8 Å². The summed E-state index contributed by atoms with van der Waals surface area (Å²) < 4.78 is 19.1. The summed E-state index contributed by atoms with van der Waals surface area (Å²) in [6.07, 6.45) is 5.03. The van der Waals surface area contributed by atoms with Crippen LogP contribution in [-0.2, 0) is 6.54 Å². The van der Waals surface area contributed by atoms with Gasteiger partial charge in [-0.15, -0.1) is 0 Å². The lowest BCUT2D eigenvalue weighted by Gasteiger charge is -2.35. The van der Waals surface area contributed by atoms with E-state index in [4.69, 9.17) is 4.74 Å². The molecule has 1 aromatic rings. The van der Waals surface area contributed by atoms with Crippen molar-refractivity contribution in [2.45, 2.75) is 44.3 Å². The van der Waals surface area contributed by atoms with Crippen LogP contribution in [0.5, 0.6) is 5.75 Å². The third kappa shape index (κ3) is 2.81. The van der Waals surface area contributed by atoms with Crippen molar-refractivity contribution < 1.29 is 9.13 Å².